The zero-order chi connectivity index (χ0) is 34.4. The molecule has 2 heteroatoms. The Morgan fingerprint density at radius 2 is 1.17 bits per heavy atom. The van der Waals surface area contributed by atoms with E-state index >= 15 is 0 Å². The quantitative estimate of drug-likeness (QED) is 0.172. The largest absolute Gasteiger partial charge is 0.310 e. The highest BCUT2D eigenvalue weighted by atomic mass is 15.1. The fourth-order valence-electron chi connectivity index (χ4n) is 8.16. The van der Waals surface area contributed by atoms with Gasteiger partial charge in [0.25, 0.3) is 0 Å². The summed E-state index contributed by atoms with van der Waals surface area (Å²) in [6, 6.07) is 61.6. The lowest BCUT2D eigenvalue weighted by molar-refractivity contribution is 0.854. The second-order valence-corrected chi connectivity index (χ2v) is 13.7. The molecular formula is C50H36N2. The first-order chi connectivity index (χ1) is 25.8. The van der Waals surface area contributed by atoms with E-state index in [1.54, 1.807) is 0 Å². The highest BCUT2D eigenvalue weighted by molar-refractivity contribution is 5.89. The topological polar surface area (TPSA) is 8.17 Å². The Bertz CT molecular complexity index is 2800. The summed E-state index contributed by atoms with van der Waals surface area (Å²) in [5, 5.41) is 6.50. The van der Waals surface area contributed by atoms with Gasteiger partial charge in [-0.25, -0.2) is 0 Å². The number of aromatic nitrogens is 1. The van der Waals surface area contributed by atoms with Gasteiger partial charge in [0.2, 0.25) is 0 Å². The van der Waals surface area contributed by atoms with E-state index in [1.165, 1.54) is 65.8 Å². The molecule has 0 radical (unpaired) electrons. The zero-order valence-corrected chi connectivity index (χ0v) is 28.7. The normalized spacial score (nSPS) is 14.6. The van der Waals surface area contributed by atoms with Gasteiger partial charge in [-0.15, -0.1) is 0 Å². The minimum absolute atomic E-state index is 0.449. The fraction of sp³-hybridized carbons (Fsp3) is 0.0400. The SMILES string of the molecule is C1=CC2=c3c(n(-c4ccc(-c5cccc(N(c6ccccc6)c6ccc(-c7ccc8ccccc8c7)cc6)c5)cc4)c4ccccc34)=CCC2C=C1. The molecule has 2 nitrogen and oxygen atoms in total. The predicted octanol–water partition coefficient (Wildman–Crippen LogP) is 11.7. The molecule has 0 aliphatic heterocycles. The molecule has 0 N–H and O–H groups in total. The third kappa shape index (κ3) is 5.20. The Morgan fingerprint density at radius 1 is 0.500 bits per heavy atom. The van der Waals surface area contributed by atoms with Crippen molar-refractivity contribution in [2.75, 3.05) is 4.90 Å². The molecule has 0 amide bonds. The van der Waals surface area contributed by atoms with Gasteiger partial charge in [0, 0.05) is 39.3 Å². The Labute approximate surface area is 303 Å². The van der Waals surface area contributed by atoms with Crippen molar-refractivity contribution in [2.24, 2.45) is 5.92 Å². The Hall–Kier alpha value is -6.64. The molecule has 10 rings (SSSR count). The fourth-order valence-corrected chi connectivity index (χ4v) is 8.16. The van der Waals surface area contributed by atoms with Gasteiger partial charge < -0.3 is 9.47 Å². The number of hydrogen-bond donors (Lipinski definition) is 0. The first-order valence-corrected chi connectivity index (χ1v) is 18.1. The maximum Gasteiger partial charge on any atom is 0.0541 e. The molecule has 52 heavy (non-hydrogen) atoms. The van der Waals surface area contributed by atoms with Crippen LogP contribution in [0.1, 0.15) is 6.42 Å². The molecule has 0 saturated carbocycles. The van der Waals surface area contributed by atoms with Gasteiger partial charge in [-0.2, -0.15) is 0 Å². The van der Waals surface area contributed by atoms with Crippen molar-refractivity contribution in [3.8, 4) is 27.9 Å². The molecule has 0 saturated heterocycles. The van der Waals surface area contributed by atoms with Crippen molar-refractivity contribution >= 4 is 50.4 Å². The first-order valence-electron chi connectivity index (χ1n) is 18.1. The summed E-state index contributed by atoms with van der Waals surface area (Å²) in [7, 11) is 0. The minimum Gasteiger partial charge on any atom is -0.310 e. The van der Waals surface area contributed by atoms with Crippen LogP contribution >= 0.6 is 0 Å². The van der Waals surface area contributed by atoms with Crippen LogP contribution in [0.2, 0.25) is 0 Å². The van der Waals surface area contributed by atoms with Gasteiger partial charge in [0.05, 0.1) is 10.9 Å². The van der Waals surface area contributed by atoms with E-state index in [0.717, 1.165) is 23.5 Å². The van der Waals surface area contributed by atoms with Crippen molar-refractivity contribution in [3.63, 3.8) is 0 Å². The lowest BCUT2D eigenvalue weighted by Gasteiger charge is -2.26. The number of allylic oxidation sites excluding steroid dienone is 4. The van der Waals surface area contributed by atoms with Crippen LogP contribution < -0.4 is 15.5 Å². The van der Waals surface area contributed by atoms with E-state index < -0.39 is 0 Å². The van der Waals surface area contributed by atoms with Crippen molar-refractivity contribution < 1.29 is 0 Å². The molecule has 0 spiro atoms. The molecule has 7 aromatic carbocycles. The summed E-state index contributed by atoms with van der Waals surface area (Å²) in [6.45, 7) is 0. The Balaban J connectivity index is 1.01. The van der Waals surface area contributed by atoms with Crippen LogP contribution in [0.3, 0.4) is 0 Å². The maximum atomic E-state index is 2.44. The summed E-state index contributed by atoms with van der Waals surface area (Å²) >= 11 is 0. The van der Waals surface area contributed by atoms with Gasteiger partial charge in [0.15, 0.2) is 0 Å². The van der Waals surface area contributed by atoms with Crippen molar-refractivity contribution in [3.05, 3.63) is 205 Å². The predicted molar refractivity (Wildman–Crippen MR) is 220 cm³/mol. The summed E-state index contributed by atoms with van der Waals surface area (Å²) in [4.78, 5) is 2.34. The average molecular weight is 665 g/mol. The number of anilines is 3. The number of rotatable bonds is 6. The Kier molecular flexibility index (Phi) is 7.32. The monoisotopic (exact) mass is 664 g/mol. The average Bonchev–Trinajstić information content (AvgIpc) is 3.56. The molecule has 0 bridgehead atoms. The Morgan fingerprint density at radius 3 is 2.02 bits per heavy atom. The van der Waals surface area contributed by atoms with Gasteiger partial charge >= 0.3 is 0 Å². The van der Waals surface area contributed by atoms with Gasteiger partial charge in [-0.1, -0.05) is 140 Å². The molecular weight excluding hydrogens is 629 g/mol. The molecule has 1 heterocycles. The third-order valence-corrected chi connectivity index (χ3v) is 10.7. The molecule has 2 aliphatic carbocycles. The van der Waals surface area contributed by atoms with E-state index in [9.17, 15) is 0 Å². The van der Waals surface area contributed by atoms with Gasteiger partial charge in [-0.3, -0.25) is 0 Å². The molecule has 2 aliphatic rings. The first kappa shape index (κ1) is 30.2. The number of nitrogens with zero attached hydrogens (tertiary/aromatic N) is 2. The van der Waals surface area contributed by atoms with Crippen molar-refractivity contribution in [2.45, 2.75) is 6.42 Å². The van der Waals surface area contributed by atoms with Crippen molar-refractivity contribution in [1.82, 2.24) is 4.57 Å². The molecule has 0 fully saturated rings. The van der Waals surface area contributed by atoms with Crippen LogP contribution in [-0.2, 0) is 0 Å². The van der Waals surface area contributed by atoms with Crippen LogP contribution in [0.4, 0.5) is 17.1 Å². The summed E-state index contributed by atoms with van der Waals surface area (Å²) in [5.41, 5.74) is 12.0. The smallest absolute Gasteiger partial charge is 0.0541 e. The van der Waals surface area contributed by atoms with Crippen LogP contribution in [0, 0.1) is 5.92 Å². The van der Waals surface area contributed by atoms with E-state index in [-0.39, 0.29) is 0 Å². The standard InChI is InChI=1S/C50H36N2/c1-2-15-42(16-3-1)51(43-28-23-37(24-29-43)41-22-21-35-11-4-5-13-39(35)33-41)45-17-10-14-40(34-45)36-25-30-44(31-26-36)52-48-20-9-8-19-47(48)50-46-18-7-6-12-38(46)27-32-49(50)52/h1-26,28-34,38H,27H2. The van der Waals surface area contributed by atoms with E-state index in [0.29, 0.717) is 5.92 Å². The van der Waals surface area contributed by atoms with E-state index in [2.05, 4.69) is 210 Å². The zero-order valence-electron chi connectivity index (χ0n) is 28.7. The van der Waals surface area contributed by atoms with Crippen LogP contribution in [0.15, 0.2) is 194 Å². The lowest BCUT2D eigenvalue weighted by atomic mass is 9.87. The summed E-state index contributed by atoms with van der Waals surface area (Å²) in [5.74, 6) is 0.449. The van der Waals surface area contributed by atoms with Gasteiger partial charge in [-0.05, 0) is 106 Å². The highest BCUT2D eigenvalue weighted by Crippen LogP contribution is 2.38. The number of benzene rings is 7. The maximum absolute atomic E-state index is 2.44. The highest BCUT2D eigenvalue weighted by Gasteiger charge is 2.21. The minimum atomic E-state index is 0.449. The summed E-state index contributed by atoms with van der Waals surface area (Å²) in [6.07, 6.45) is 12.5. The van der Waals surface area contributed by atoms with E-state index in [1.807, 2.05) is 0 Å². The van der Waals surface area contributed by atoms with Gasteiger partial charge in [0.1, 0.15) is 0 Å². The third-order valence-electron chi connectivity index (χ3n) is 10.7. The number of para-hydroxylation sites is 2. The lowest BCUT2D eigenvalue weighted by Crippen LogP contribution is -2.34. The molecule has 1 atom stereocenters. The molecule has 1 aromatic heterocycles. The van der Waals surface area contributed by atoms with Crippen LogP contribution in [0.25, 0.3) is 61.3 Å². The molecule has 1 unspecified atom stereocenters. The van der Waals surface area contributed by atoms with Crippen LogP contribution in [-0.4, -0.2) is 4.57 Å². The molecule has 246 valence electrons. The van der Waals surface area contributed by atoms with Crippen molar-refractivity contribution in [1.29, 1.82) is 0 Å². The van der Waals surface area contributed by atoms with E-state index in [4.69, 9.17) is 0 Å². The number of fused-ring (bicyclic) bond motifs is 5. The molecule has 8 aromatic rings. The second-order valence-electron chi connectivity index (χ2n) is 13.7. The van der Waals surface area contributed by atoms with Crippen LogP contribution in [0.5, 0.6) is 0 Å². The second kappa shape index (κ2) is 12.6. The summed E-state index contributed by atoms with van der Waals surface area (Å²) < 4.78 is 2.44. The number of hydrogen-bond acceptors (Lipinski definition) is 1.